The number of hydrogen-bond acceptors (Lipinski definition) is 4. The van der Waals surface area contributed by atoms with Crippen LogP contribution in [-0.4, -0.2) is 24.5 Å². The van der Waals surface area contributed by atoms with E-state index in [0.717, 1.165) is 11.3 Å². The van der Waals surface area contributed by atoms with Crippen LogP contribution in [0.5, 0.6) is 0 Å². The van der Waals surface area contributed by atoms with Crippen LogP contribution in [0, 0.1) is 6.92 Å². The monoisotopic (exact) mass is 301 g/mol. The first-order valence-corrected chi connectivity index (χ1v) is 7.25. The summed E-state index contributed by atoms with van der Waals surface area (Å²) < 4.78 is 3.27. The molecule has 2 rings (SSSR count). The van der Waals surface area contributed by atoms with E-state index < -0.39 is 0 Å². The molecule has 0 saturated carbocycles. The maximum atomic E-state index is 11.6. The Bertz CT molecular complexity index is 642. The van der Waals surface area contributed by atoms with Crippen LogP contribution in [0.2, 0.25) is 5.15 Å². The number of nitrogens with one attached hydrogen (secondary N) is 1. The molecule has 0 unspecified atom stereocenters. The molecule has 0 radical (unpaired) electrons. The first kappa shape index (κ1) is 14.2. The highest BCUT2D eigenvalue weighted by molar-refractivity contribution is 7.98. The van der Waals surface area contributed by atoms with Crippen molar-refractivity contribution in [3.63, 3.8) is 0 Å². The van der Waals surface area contributed by atoms with Gasteiger partial charge in [-0.25, -0.2) is 9.89 Å². The Labute approximate surface area is 120 Å². The average molecular weight is 302 g/mol. The fraction of sp³-hybridized carbons (Fsp3) is 0.545. The van der Waals surface area contributed by atoms with Gasteiger partial charge in [-0.15, -0.1) is 5.10 Å². The van der Waals surface area contributed by atoms with Crippen molar-refractivity contribution < 1.29 is 0 Å². The number of thioether (sulfide) groups is 1. The Kier molecular flexibility index (Phi) is 4.05. The molecule has 2 heterocycles. The van der Waals surface area contributed by atoms with Gasteiger partial charge in [0.05, 0.1) is 5.69 Å². The number of aromatic amines is 1. The topological polar surface area (TPSA) is 68.5 Å². The highest BCUT2D eigenvalue weighted by atomic mass is 35.5. The van der Waals surface area contributed by atoms with Crippen LogP contribution < -0.4 is 5.69 Å². The maximum absolute atomic E-state index is 11.6. The van der Waals surface area contributed by atoms with E-state index in [4.69, 9.17) is 11.6 Å². The van der Waals surface area contributed by atoms with Gasteiger partial charge in [-0.05, 0) is 20.8 Å². The molecule has 0 atom stereocenters. The van der Waals surface area contributed by atoms with Crippen molar-refractivity contribution in [2.75, 3.05) is 0 Å². The van der Waals surface area contributed by atoms with Crippen LogP contribution in [0.25, 0.3) is 0 Å². The van der Waals surface area contributed by atoms with Gasteiger partial charge in [0.2, 0.25) is 0 Å². The van der Waals surface area contributed by atoms with Gasteiger partial charge >= 0.3 is 5.69 Å². The lowest BCUT2D eigenvalue weighted by atomic mass is 10.3. The largest absolute Gasteiger partial charge is 0.344 e. The second-order valence-electron chi connectivity index (χ2n) is 4.54. The fourth-order valence-corrected chi connectivity index (χ4v) is 3.30. The van der Waals surface area contributed by atoms with Gasteiger partial charge in [-0.3, -0.25) is 9.25 Å². The van der Waals surface area contributed by atoms with Crippen molar-refractivity contribution in [3.8, 4) is 0 Å². The van der Waals surface area contributed by atoms with Gasteiger partial charge in [0.15, 0.2) is 5.16 Å². The highest BCUT2D eigenvalue weighted by Crippen LogP contribution is 2.27. The number of aromatic nitrogens is 5. The van der Waals surface area contributed by atoms with Crippen molar-refractivity contribution >= 4 is 23.4 Å². The van der Waals surface area contributed by atoms with Gasteiger partial charge in [0.1, 0.15) is 5.15 Å². The zero-order valence-electron chi connectivity index (χ0n) is 11.3. The normalized spacial score (nSPS) is 11.5. The summed E-state index contributed by atoms with van der Waals surface area (Å²) in [5.74, 6) is 0.634. The third-order valence-electron chi connectivity index (χ3n) is 2.80. The molecule has 0 aliphatic rings. The van der Waals surface area contributed by atoms with Crippen LogP contribution in [-0.2, 0) is 12.8 Å². The first-order valence-electron chi connectivity index (χ1n) is 5.89. The minimum atomic E-state index is -0.188. The molecule has 8 heteroatoms. The number of hydrogen-bond donors (Lipinski definition) is 1. The van der Waals surface area contributed by atoms with Crippen molar-refractivity contribution in [2.45, 2.75) is 37.7 Å². The molecule has 0 aliphatic carbocycles. The van der Waals surface area contributed by atoms with E-state index in [1.165, 1.54) is 11.8 Å². The summed E-state index contributed by atoms with van der Waals surface area (Å²) in [6.07, 6.45) is 0. The van der Waals surface area contributed by atoms with Gasteiger partial charge in [-0.1, -0.05) is 23.4 Å². The molecule has 0 saturated heterocycles. The summed E-state index contributed by atoms with van der Waals surface area (Å²) >= 11 is 7.65. The lowest BCUT2D eigenvalue weighted by Gasteiger charge is -2.08. The summed E-state index contributed by atoms with van der Waals surface area (Å²) in [6, 6.07) is 0.0687. The molecule has 0 bridgehead atoms. The van der Waals surface area contributed by atoms with Crippen LogP contribution in [0.1, 0.15) is 31.1 Å². The molecule has 0 aliphatic heterocycles. The van der Waals surface area contributed by atoms with E-state index in [-0.39, 0.29) is 11.7 Å². The molecule has 2 aromatic rings. The first-order chi connectivity index (χ1) is 8.91. The molecule has 0 amide bonds. The molecule has 0 fully saturated rings. The average Bonchev–Trinajstić information content (AvgIpc) is 2.80. The van der Waals surface area contributed by atoms with Crippen LogP contribution in [0.3, 0.4) is 0 Å². The molecule has 0 aromatic carbocycles. The van der Waals surface area contributed by atoms with Crippen molar-refractivity contribution in [2.24, 2.45) is 7.05 Å². The molecule has 6 nitrogen and oxygen atoms in total. The fourth-order valence-electron chi connectivity index (χ4n) is 1.82. The van der Waals surface area contributed by atoms with E-state index in [9.17, 15) is 4.79 Å². The number of halogens is 1. The second kappa shape index (κ2) is 5.42. The number of H-pyrrole nitrogens is 1. The number of nitrogens with zero attached hydrogens (tertiary/aromatic N) is 4. The third-order valence-corrected chi connectivity index (χ3v) is 4.26. The Morgan fingerprint density at radius 2 is 2.16 bits per heavy atom. The quantitative estimate of drug-likeness (QED) is 0.879. The number of aryl methyl sites for hydroxylation is 2. The summed E-state index contributed by atoms with van der Waals surface area (Å²) in [4.78, 5) is 11.6. The Morgan fingerprint density at radius 3 is 2.68 bits per heavy atom. The minimum Gasteiger partial charge on any atom is -0.268 e. The Balaban J connectivity index is 2.22. The third kappa shape index (κ3) is 2.71. The van der Waals surface area contributed by atoms with E-state index in [1.54, 1.807) is 9.25 Å². The predicted molar refractivity (Wildman–Crippen MR) is 75.7 cm³/mol. The van der Waals surface area contributed by atoms with Gasteiger partial charge in [0.25, 0.3) is 0 Å². The number of rotatable bonds is 4. The summed E-state index contributed by atoms with van der Waals surface area (Å²) in [5, 5.41) is 12.1. The van der Waals surface area contributed by atoms with E-state index >= 15 is 0 Å². The maximum Gasteiger partial charge on any atom is 0.344 e. The molecule has 104 valence electrons. The van der Waals surface area contributed by atoms with Gasteiger partial charge in [0, 0.05) is 24.4 Å². The van der Waals surface area contributed by atoms with Crippen LogP contribution >= 0.6 is 23.4 Å². The summed E-state index contributed by atoms with van der Waals surface area (Å²) in [7, 11) is 1.81. The van der Waals surface area contributed by atoms with E-state index in [1.807, 2.05) is 27.8 Å². The van der Waals surface area contributed by atoms with E-state index in [0.29, 0.717) is 16.1 Å². The lowest BCUT2D eigenvalue weighted by Crippen LogP contribution is -2.19. The highest BCUT2D eigenvalue weighted by Gasteiger charge is 2.15. The smallest absolute Gasteiger partial charge is 0.268 e. The Morgan fingerprint density at radius 1 is 1.47 bits per heavy atom. The van der Waals surface area contributed by atoms with Crippen molar-refractivity contribution in [1.82, 2.24) is 24.5 Å². The molecule has 2 aromatic heterocycles. The van der Waals surface area contributed by atoms with E-state index in [2.05, 4.69) is 15.3 Å². The van der Waals surface area contributed by atoms with Crippen molar-refractivity contribution in [1.29, 1.82) is 0 Å². The van der Waals surface area contributed by atoms with Crippen LogP contribution in [0.4, 0.5) is 0 Å². The zero-order chi connectivity index (χ0) is 14.2. The summed E-state index contributed by atoms with van der Waals surface area (Å²) in [6.45, 7) is 5.81. The Hall–Kier alpha value is -1.21. The molecule has 0 spiro atoms. The molecular weight excluding hydrogens is 286 g/mol. The molecule has 1 N–H and O–H groups in total. The standard InChI is InChI=1S/C11H16ClN5OS/c1-6(2)17-10(18)13-14-11(17)19-5-8-7(3)15-16(4)9(8)12/h6H,5H2,1-4H3,(H,13,18). The summed E-state index contributed by atoms with van der Waals surface area (Å²) in [5.41, 5.74) is 1.68. The predicted octanol–water partition coefficient (Wildman–Crippen LogP) is 2.14. The van der Waals surface area contributed by atoms with Crippen molar-refractivity contribution in [3.05, 3.63) is 26.9 Å². The second-order valence-corrected chi connectivity index (χ2v) is 5.84. The SMILES string of the molecule is Cc1nn(C)c(Cl)c1CSc1n[nH]c(=O)n1C(C)C. The van der Waals surface area contributed by atoms with Crippen LogP contribution in [0.15, 0.2) is 9.95 Å². The zero-order valence-corrected chi connectivity index (χ0v) is 12.8. The van der Waals surface area contributed by atoms with Gasteiger partial charge in [-0.2, -0.15) is 5.10 Å². The van der Waals surface area contributed by atoms with Gasteiger partial charge < -0.3 is 0 Å². The lowest BCUT2D eigenvalue weighted by molar-refractivity contribution is 0.534. The molecule has 19 heavy (non-hydrogen) atoms. The molecular formula is C11H16ClN5OS. The minimum absolute atomic E-state index is 0.0687.